The first kappa shape index (κ1) is 16.3. The van der Waals surface area contributed by atoms with E-state index >= 15 is 0 Å². The number of hydrogen-bond acceptors (Lipinski definition) is 2. The van der Waals surface area contributed by atoms with Gasteiger partial charge in [-0.25, -0.2) is 0 Å². The zero-order valence-electron chi connectivity index (χ0n) is 13.6. The van der Waals surface area contributed by atoms with Crippen LogP contribution in [0.4, 0.5) is 5.69 Å². The van der Waals surface area contributed by atoms with Crippen LogP contribution in [0.5, 0.6) is 5.75 Å². The molecule has 0 fully saturated rings. The van der Waals surface area contributed by atoms with Gasteiger partial charge in [0.1, 0.15) is 5.75 Å². The van der Waals surface area contributed by atoms with Crippen LogP contribution in [0.1, 0.15) is 20.8 Å². The van der Waals surface area contributed by atoms with Crippen LogP contribution in [0.2, 0.25) is 0 Å². The molecule has 0 bridgehead atoms. The van der Waals surface area contributed by atoms with Crippen LogP contribution < -0.4 is 5.32 Å². The Bertz CT molecular complexity index is 655. The Labute approximate surface area is 132 Å². The highest BCUT2D eigenvalue weighted by atomic mass is 16.3. The van der Waals surface area contributed by atoms with E-state index in [0.29, 0.717) is 6.54 Å². The number of likely N-dealkylation sites (N-methyl/N-ethyl adjacent to an activating group) is 1. The highest BCUT2D eigenvalue weighted by molar-refractivity contribution is 6.02. The molecule has 2 aromatic rings. The molecule has 0 aromatic heterocycles. The molecule has 2 rings (SSSR count). The Hall–Kier alpha value is -2.07. The number of quaternary nitrogens is 1. The van der Waals surface area contributed by atoms with E-state index < -0.39 is 0 Å². The van der Waals surface area contributed by atoms with Crippen LogP contribution >= 0.6 is 0 Å². The molecule has 4 nitrogen and oxygen atoms in total. The van der Waals surface area contributed by atoms with Gasteiger partial charge in [0.15, 0.2) is 6.54 Å². The highest BCUT2D eigenvalue weighted by Crippen LogP contribution is 2.27. The Morgan fingerprint density at radius 1 is 1.09 bits per heavy atom. The lowest BCUT2D eigenvalue weighted by molar-refractivity contribution is -0.915. The molecule has 1 amide bonds. The number of aromatic hydroxyl groups is 1. The van der Waals surface area contributed by atoms with Gasteiger partial charge in [-0.15, -0.1) is 0 Å². The van der Waals surface area contributed by atoms with E-state index in [9.17, 15) is 9.90 Å². The molecule has 0 spiro atoms. The summed E-state index contributed by atoms with van der Waals surface area (Å²) in [7, 11) is 0. The number of carbonyl (C=O) groups is 1. The van der Waals surface area contributed by atoms with E-state index in [1.54, 1.807) is 12.1 Å². The van der Waals surface area contributed by atoms with Crippen molar-refractivity contribution in [2.75, 3.05) is 31.5 Å². The summed E-state index contributed by atoms with van der Waals surface area (Å²) in [6.07, 6.45) is 0. The van der Waals surface area contributed by atoms with Crippen molar-refractivity contribution in [2.24, 2.45) is 0 Å². The fraction of sp³-hybridized carbons (Fsp3) is 0.389. The van der Waals surface area contributed by atoms with E-state index in [1.165, 1.54) is 0 Å². The predicted molar refractivity (Wildman–Crippen MR) is 91.0 cm³/mol. The van der Waals surface area contributed by atoms with Gasteiger partial charge in [-0.2, -0.15) is 0 Å². The maximum absolute atomic E-state index is 12.4. The van der Waals surface area contributed by atoms with E-state index in [0.717, 1.165) is 40.6 Å². The number of rotatable bonds is 6. The molecule has 0 aliphatic heterocycles. The lowest BCUT2D eigenvalue weighted by atomic mass is 10.1. The van der Waals surface area contributed by atoms with Crippen LogP contribution in [-0.2, 0) is 4.79 Å². The summed E-state index contributed by atoms with van der Waals surface area (Å²) in [5, 5.41) is 14.5. The topological polar surface area (TPSA) is 49.3 Å². The standard InChI is InChI=1S/C18H24N2O2/c1-4-20(5-2,6-3)13-18(22)19-17-9-7-8-14-10-11-15(21)12-16(14)17/h7-12H,4-6,13H2,1-3H3,(H-,19,21,22)/p+1. The average molecular weight is 301 g/mol. The van der Waals surface area contributed by atoms with Crippen LogP contribution in [0, 0.1) is 0 Å². The van der Waals surface area contributed by atoms with Crippen molar-refractivity contribution < 1.29 is 14.4 Å². The van der Waals surface area contributed by atoms with Gasteiger partial charge in [0.25, 0.3) is 5.91 Å². The van der Waals surface area contributed by atoms with Gasteiger partial charge < -0.3 is 14.9 Å². The zero-order chi connectivity index (χ0) is 16.2. The third-order valence-electron chi connectivity index (χ3n) is 4.63. The van der Waals surface area contributed by atoms with Crippen molar-refractivity contribution in [3.63, 3.8) is 0 Å². The smallest absolute Gasteiger partial charge is 0.279 e. The van der Waals surface area contributed by atoms with Crippen molar-refractivity contribution in [1.29, 1.82) is 0 Å². The Morgan fingerprint density at radius 2 is 1.77 bits per heavy atom. The number of hydrogen-bond donors (Lipinski definition) is 2. The van der Waals surface area contributed by atoms with E-state index in [-0.39, 0.29) is 11.7 Å². The summed E-state index contributed by atoms with van der Waals surface area (Å²) in [6, 6.07) is 10.9. The van der Waals surface area contributed by atoms with Gasteiger partial charge in [-0.1, -0.05) is 18.2 Å². The van der Waals surface area contributed by atoms with Gasteiger partial charge in [-0.3, -0.25) is 4.79 Å². The minimum atomic E-state index is 0.0152. The second-order valence-corrected chi connectivity index (χ2v) is 5.71. The normalized spacial score (nSPS) is 11.6. The SMILES string of the molecule is CC[N+](CC)(CC)CC(=O)Nc1cccc2ccc(O)cc12. The molecule has 0 heterocycles. The number of phenolic OH excluding ortho intramolecular Hbond substituents is 1. The van der Waals surface area contributed by atoms with Gasteiger partial charge in [0.2, 0.25) is 0 Å². The molecule has 0 atom stereocenters. The van der Waals surface area contributed by atoms with Crippen LogP contribution in [0.3, 0.4) is 0 Å². The van der Waals surface area contributed by atoms with Gasteiger partial charge in [0.05, 0.1) is 19.6 Å². The zero-order valence-corrected chi connectivity index (χ0v) is 13.6. The summed E-state index contributed by atoms with van der Waals surface area (Å²) in [5.41, 5.74) is 0.750. The van der Waals surface area contributed by atoms with Crippen molar-refractivity contribution in [2.45, 2.75) is 20.8 Å². The molecule has 2 aromatic carbocycles. The summed E-state index contributed by atoms with van der Waals surface area (Å²) in [6.45, 7) is 9.66. The first-order valence-corrected chi connectivity index (χ1v) is 7.90. The van der Waals surface area contributed by atoms with Crippen LogP contribution in [-0.4, -0.2) is 41.7 Å². The summed E-state index contributed by atoms with van der Waals surface area (Å²) >= 11 is 0. The highest BCUT2D eigenvalue weighted by Gasteiger charge is 2.24. The molecule has 22 heavy (non-hydrogen) atoms. The molecule has 0 radical (unpaired) electrons. The lowest BCUT2D eigenvalue weighted by Crippen LogP contribution is -2.51. The molecule has 0 saturated carbocycles. The van der Waals surface area contributed by atoms with Crippen LogP contribution in [0.15, 0.2) is 36.4 Å². The van der Waals surface area contributed by atoms with E-state index in [2.05, 4.69) is 26.1 Å². The van der Waals surface area contributed by atoms with E-state index in [4.69, 9.17) is 0 Å². The first-order chi connectivity index (χ1) is 10.5. The number of benzene rings is 2. The molecule has 0 aliphatic rings. The van der Waals surface area contributed by atoms with Gasteiger partial charge >= 0.3 is 0 Å². The molecular formula is C18H25N2O2+. The quantitative estimate of drug-likeness (QED) is 0.804. The Morgan fingerprint density at radius 3 is 2.41 bits per heavy atom. The minimum absolute atomic E-state index is 0.0152. The third-order valence-corrected chi connectivity index (χ3v) is 4.63. The predicted octanol–water partition coefficient (Wildman–Crippen LogP) is 3.36. The molecule has 0 aliphatic carbocycles. The molecule has 118 valence electrons. The van der Waals surface area contributed by atoms with Crippen molar-refractivity contribution in [3.8, 4) is 5.75 Å². The van der Waals surface area contributed by atoms with Crippen molar-refractivity contribution >= 4 is 22.4 Å². The van der Waals surface area contributed by atoms with Crippen molar-refractivity contribution in [3.05, 3.63) is 36.4 Å². The fourth-order valence-corrected chi connectivity index (χ4v) is 2.87. The number of phenols is 1. The number of carbonyl (C=O) groups excluding carboxylic acids is 1. The van der Waals surface area contributed by atoms with Crippen molar-refractivity contribution in [1.82, 2.24) is 0 Å². The number of anilines is 1. The number of amides is 1. The summed E-state index contributed by atoms with van der Waals surface area (Å²) < 4.78 is 0.780. The van der Waals surface area contributed by atoms with Gasteiger partial charge in [-0.05, 0) is 44.4 Å². The lowest BCUT2D eigenvalue weighted by Gasteiger charge is -2.34. The molecule has 0 saturated heterocycles. The summed E-state index contributed by atoms with van der Waals surface area (Å²) in [4.78, 5) is 12.4. The average Bonchev–Trinajstić information content (AvgIpc) is 2.53. The van der Waals surface area contributed by atoms with Crippen LogP contribution in [0.25, 0.3) is 10.8 Å². The van der Waals surface area contributed by atoms with Gasteiger partial charge in [0, 0.05) is 11.1 Å². The molecular weight excluding hydrogens is 276 g/mol. The Kier molecular flexibility index (Phi) is 5.03. The maximum Gasteiger partial charge on any atom is 0.279 e. The molecule has 2 N–H and O–H groups in total. The second-order valence-electron chi connectivity index (χ2n) is 5.71. The fourth-order valence-electron chi connectivity index (χ4n) is 2.87. The first-order valence-electron chi connectivity index (χ1n) is 7.90. The monoisotopic (exact) mass is 301 g/mol. The number of fused-ring (bicyclic) bond motifs is 1. The summed E-state index contributed by atoms with van der Waals surface area (Å²) in [5.74, 6) is 0.219. The second kappa shape index (κ2) is 6.79. The molecule has 0 unspecified atom stereocenters. The maximum atomic E-state index is 12.4. The third kappa shape index (κ3) is 3.39. The molecule has 4 heteroatoms. The minimum Gasteiger partial charge on any atom is -0.508 e. The number of nitrogens with one attached hydrogen (secondary N) is 1. The Balaban J connectivity index is 2.24. The largest absolute Gasteiger partial charge is 0.508 e. The van der Waals surface area contributed by atoms with E-state index in [1.807, 2.05) is 24.3 Å². The number of nitrogens with zero attached hydrogens (tertiary/aromatic N) is 1.